The normalized spacial score (nSPS) is 21.6. The van der Waals surface area contributed by atoms with Crippen LogP contribution in [0.2, 0.25) is 0 Å². The zero-order valence-electron chi connectivity index (χ0n) is 17.0. The van der Waals surface area contributed by atoms with Crippen molar-refractivity contribution >= 4 is 23.3 Å². The van der Waals surface area contributed by atoms with E-state index in [1.807, 2.05) is 24.0 Å². The summed E-state index contributed by atoms with van der Waals surface area (Å²) in [4.78, 5) is 33.7. The first-order valence-corrected chi connectivity index (χ1v) is 10.4. The van der Waals surface area contributed by atoms with Gasteiger partial charge in [0.25, 0.3) is 5.91 Å². The molecule has 8 heteroatoms. The van der Waals surface area contributed by atoms with Gasteiger partial charge in [-0.2, -0.15) is 5.10 Å². The Kier molecular flexibility index (Phi) is 5.51. The molecule has 2 aromatic rings. The lowest BCUT2D eigenvalue weighted by molar-refractivity contribution is -0.114. The maximum absolute atomic E-state index is 13.1. The highest BCUT2D eigenvalue weighted by molar-refractivity contribution is 5.93. The van der Waals surface area contributed by atoms with Crippen molar-refractivity contribution in [3.63, 3.8) is 0 Å². The first kappa shape index (κ1) is 19.4. The number of aryl methyl sites for hydroxylation is 1. The maximum atomic E-state index is 13.1. The second kappa shape index (κ2) is 8.23. The summed E-state index contributed by atoms with van der Waals surface area (Å²) < 4.78 is 1.75. The van der Waals surface area contributed by atoms with Crippen LogP contribution < -0.4 is 10.2 Å². The van der Waals surface area contributed by atoms with Crippen molar-refractivity contribution in [1.29, 1.82) is 0 Å². The average molecular weight is 396 g/mol. The Balaban J connectivity index is 1.60. The van der Waals surface area contributed by atoms with Crippen LogP contribution >= 0.6 is 0 Å². The molecular formula is C21H28N6O2. The van der Waals surface area contributed by atoms with Gasteiger partial charge in [-0.05, 0) is 43.9 Å². The maximum Gasteiger partial charge on any atom is 0.272 e. The molecule has 2 aromatic heterocycles. The SMILES string of the molecule is CCn1nccc1C(=O)N1C[C@H]2CCCCN(c3ncccc3NC(C)=O)[C@H]2C1. The second-order valence-electron chi connectivity index (χ2n) is 7.81. The molecule has 0 unspecified atom stereocenters. The predicted octanol–water partition coefficient (Wildman–Crippen LogP) is 2.39. The van der Waals surface area contributed by atoms with Crippen molar-refractivity contribution in [2.45, 2.75) is 45.7 Å². The quantitative estimate of drug-likeness (QED) is 0.858. The molecule has 2 aliphatic rings. The molecule has 4 heterocycles. The minimum absolute atomic E-state index is 0.0421. The van der Waals surface area contributed by atoms with Gasteiger partial charge >= 0.3 is 0 Å². The summed E-state index contributed by atoms with van der Waals surface area (Å²) in [5.74, 6) is 1.13. The lowest BCUT2D eigenvalue weighted by Crippen LogP contribution is -2.42. The highest BCUT2D eigenvalue weighted by atomic mass is 16.2. The molecule has 8 nitrogen and oxygen atoms in total. The summed E-state index contributed by atoms with van der Waals surface area (Å²) in [5, 5.41) is 7.15. The molecule has 4 rings (SSSR count). The molecule has 0 saturated carbocycles. The van der Waals surface area contributed by atoms with E-state index < -0.39 is 0 Å². The molecule has 2 saturated heterocycles. The largest absolute Gasteiger partial charge is 0.350 e. The average Bonchev–Trinajstić information content (AvgIpc) is 3.31. The van der Waals surface area contributed by atoms with Crippen molar-refractivity contribution in [2.75, 3.05) is 29.9 Å². The second-order valence-corrected chi connectivity index (χ2v) is 7.81. The molecule has 1 N–H and O–H groups in total. The van der Waals surface area contributed by atoms with Gasteiger partial charge in [0.1, 0.15) is 5.69 Å². The molecule has 0 aliphatic carbocycles. The van der Waals surface area contributed by atoms with Crippen molar-refractivity contribution in [3.05, 3.63) is 36.3 Å². The zero-order valence-corrected chi connectivity index (χ0v) is 17.0. The van der Waals surface area contributed by atoms with Crippen LogP contribution in [0.3, 0.4) is 0 Å². The summed E-state index contributed by atoms with van der Waals surface area (Å²) in [5.41, 5.74) is 1.38. The van der Waals surface area contributed by atoms with Crippen LogP contribution in [0.15, 0.2) is 30.6 Å². The summed E-state index contributed by atoms with van der Waals surface area (Å²) >= 11 is 0. The van der Waals surface area contributed by atoms with Crippen molar-refractivity contribution in [3.8, 4) is 0 Å². The van der Waals surface area contributed by atoms with Gasteiger partial charge in [-0.25, -0.2) is 4.98 Å². The van der Waals surface area contributed by atoms with Crippen LogP contribution in [0, 0.1) is 5.92 Å². The van der Waals surface area contributed by atoms with Gasteiger partial charge in [0.05, 0.1) is 11.7 Å². The molecule has 154 valence electrons. The van der Waals surface area contributed by atoms with Crippen molar-refractivity contribution in [1.82, 2.24) is 19.7 Å². The number of likely N-dealkylation sites (tertiary alicyclic amines) is 1. The summed E-state index contributed by atoms with van der Waals surface area (Å²) in [7, 11) is 0. The number of nitrogens with one attached hydrogen (secondary N) is 1. The van der Waals surface area contributed by atoms with E-state index in [2.05, 4.69) is 20.3 Å². The molecule has 0 spiro atoms. The van der Waals surface area contributed by atoms with E-state index in [0.717, 1.165) is 43.9 Å². The molecule has 2 fully saturated rings. The zero-order chi connectivity index (χ0) is 20.4. The van der Waals surface area contributed by atoms with Gasteiger partial charge in [-0.1, -0.05) is 6.42 Å². The number of carbonyl (C=O) groups excluding carboxylic acids is 2. The number of anilines is 2. The van der Waals surface area contributed by atoms with E-state index in [1.165, 1.54) is 6.92 Å². The van der Waals surface area contributed by atoms with Gasteiger partial charge in [0.2, 0.25) is 5.91 Å². The minimum atomic E-state index is -0.110. The Labute approximate surface area is 170 Å². The van der Waals surface area contributed by atoms with Crippen molar-refractivity contribution in [2.24, 2.45) is 5.92 Å². The Hall–Kier alpha value is -2.90. The van der Waals surface area contributed by atoms with Crippen LogP contribution in [0.25, 0.3) is 0 Å². The van der Waals surface area contributed by atoms with E-state index in [0.29, 0.717) is 24.7 Å². The molecule has 29 heavy (non-hydrogen) atoms. The lowest BCUT2D eigenvalue weighted by Gasteiger charge is -2.32. The van der Waals surface area contributed by atoms with E-state index in [4.69, 9.17) is 0 Å². The number of aromatic nitrogens is 3. The van der Waals surface area contributed by atoms with Crippen LogP contribution in [-0.2, 0) is 11.3 Å². The number of pyridine rings is 1. The van der Waals surface area contributed by atoms with E-state index >= 15 is 0 Å². The van der Waals surface area contributed by atoms with Crippen LogP contribution in [0.1, 0.15) is 43.6 Å². The van der Waals surface area contributed by atoms with Crippen LogP contribution in [-0.4, -0.2) is 57.2 Å². The van der Waals surface area contributed by atoms with E-state index in [-0.39, 0.29) is 17.9 Å². The Morgan fingerprint density at radius 2 is 2.07 bits per heavy atom. The fraction of sp³-hybridized carbons (Fsp3) is 0.524. The smallest absolute Gasteiger partial charge is 0.272 e. The summed E-state index contributed by atoms with van der Waals surface area (Å²) in [6.07, 6.45) is 6.76. The third-order valence-electron chi connectivity index (χ3n) is 5.92. The summed E-state index contributed by atoms with van der Waals surface area (Å²) in [6, 6.07) is 5.72. The molecule has 2 atom stereocenters. The highest BCUT2D eigenvalue weighted by Crippen LogP contribution is 2.35. The van der Waals surface area contributed by atoms with Crippen LogP contribution in [0.4, 0.5) is 11.5 Å². The monoisotopic (exact) mass is 396 g/mol. The number of carbonyl (C=O) groups is 2. The number of amides is 2. The Morgan fingerprint density at radius 3 is 2.86 bits per heavy atom. The van der Waals surface area contributed by atoms with Gasteiger partial charge in [0, 0.05) is 45.5 Å². The predicted molar refractivity (Wildman–Crippen MR) is 111 cm³/mol. The standard InChI is InChI=1S/C21H28N6O2/c1-3-27-18(9-11-23-27)21(29)25-13-16-7-4-5-12-26(19(16)14-25)20-17(24-15(2)28)8-6-10-22-20/h6,8-11,16,19H,3-5,7,12-14H2,1-2H3,(H,24,28)/t16-,19+/m1/s1. The molecule has 2 amide bonds. The van der Waals surface area contributed by atoms with Gasteiger partial charge < -0.3 is 15.1 Å². The summed E-state index contributed by atoms with van der Waals surface area (Å²) in [6.45, 7) is 6.46. The van der Waals surface area contributed by atoms with E-state index in [9.17, 15) is 9.59 Å². The fourth-order valence-electron chi connectivity index (χ4n) is 4.62. The first-order chi connectivity index (χ1) is 14.1. The van der Waals surface area contributed by atoms with Gasteiger partial charge in [-0.3, -0.25) is 14.3 Å². The topological polar surface area (TPSA) is 83.4 Å². The number of hydrogen-bond donors (Lipinski definition) is 1. The molecular weight excluding hydrogens is 368 g/mol. The molecule has 0 bridgehead atoms. The lowest BCUT2D eigenvalue weighted by atomic mass is 9.98. The Morgan fingerprint density at radius 1 is 1.21 bits per heavy atom. The van der Waals surface area contributed by atoms with Crippen LogP contribution in [0.5, 0.6) is 0 Å². The number of nitrogens with zero attached hydrogens (tertiary/aromatic N) is 5. The minimum Gasteiger partial charge on any atom is -0.350 e. The van der Waals surface area contributed by atoms with Crippen molar-refractivity contribution < 1.29 is 9.59 Å². The molecule has 0 radical (unpaired) electrons. The Bertz CT molecular complexity index is 895. The highest BCUT2D eigenvalue weighted by Gasteiger charge is 2.41. The van der Waals surface area contributed by atoms with Gasteiger partial charge in [0.15, 0.2) is 5.82 Å². The number of rotatable bonds is 4. The number of hydrogen-bond acceptors (Lipinski definition) is 5. The van der Waals surface area contributed by atoms with E-state index in [1.54, 1.807) is 23.1 Å². The fourth-order valence-corrected chi connectivity index (χ4v) is 4.62. The number of fused-ring (bicyclic) bond motifs is 1. The van der Waals surface area contributed by atoms with Gasteiger partial charge in [-0.15, -0.1) is 0 Å². The molecule has 0 aromatic carbocycles. The third kappa shape index (κ3) is 3.83. The first-order valence-electron chi connectivity index (χ1n) is 10.4. The molecule has 2 aliphatic heterocycles. The third-order valence-corrected chi connectivity index (χ3v) is 5.92.